The molecule has 3 N–H and O–H groups in total. The Morgan fingerprint density at radius 1 is 1.45 bits per heavy atom. The Kier molecular flexibility index (Phi) is 1.27. The fourth-order valence-corrected chi connectivity index (χ4v) is 1.43. The highest BCUT2D eigenvalue weighted by Crippen LogP contribution is 2.17. The van der Waals surface area contributed by atoms with Crippen LogP contribution < -0.4 is 10.9 Å². The summed E-state index contributed by atoms with van der Waals surface area (Å²) in [5, 5.41) is 8.50. The van der Waals surface area contributed by atoms with Gasteiger partial charge in [0.15, 0.2) is 0 Å². The summed E-state index contributed by atoms with van der Waals surface area (Å²) in [5.41, 5.74) is 0.878. The second kappa shape index (κ2) is 2.15. The summed E-state index contributed by atoms with van der Waals surface area (Å²) in [7, 11) is 0. The lowest BCUT2D eigenvalue weighted by Crippen LogP contribution is -2.23. The first-order valence-corrected chi connectivity index (χ1v) is 3.81. The molecular formula is C7H11N3O. The maximum Gasteiger partial charge on any atom is 0.269 e. The molecule has 11 heavy (non-hydrogen) atoms. The van der Waals surface area contributed by atoms with Gasteiger partial charge in [0, 0.05) is 6.54 Å². The first-order valence-electron chi connectivity index (χ1n) is 3.81. The zero-order valence-electron chi connectivity index (χ0n) is 6.40. The predicted molar refractivity (Wildman–Crippen MR) is 42.8 cm³/mol. The first kappa shape index (κ1) is 6.52. The topological polar surface area (TPSA) is 60.7 Å². The SMILES string of the molecule is CC1CNc2[nH][nH]c(=O)c2C1. The molecule has 60 valence electrons. The van der Waals surface area contributed by atoms with E-state index in [9.17, 15) is 4.79 Å². The van der Waals surface area contributed by atoms with E-state index in [-0.39, 0.29) is 5.56 Å². The molecule has 0 fully saturated rings. The molecule has 0 saturated carbocycles. The van der Waals surface area contributed by atoms with Crippen LogP contribution in [-0.2, 0) is 6.42 Å². The monoisotopic (exact) mass is 153 g/mol. The summed E-state index contributed by atoms with van der Waals surface area (Å²) in [6.45, 7) is 3.07. The molecule has 4 heteroatoms. The summed E-state index contributed by atoms with van der Waals surface area (Å²) in [5.74, 6) is 1.42. The van der Waals surface area contributed by atoms with E-state index in [1.54, 1.807) is 0 Å². The van der Waals surface area contributed by atoms with Crippen molar-refractivity contribution < 1.29 is 0 Å². The Balaban J connectivity index is 2.45. The molecule has 2 heterocycles. The van der Waals surface area contributed by atoms with Crippen LogP contribution in [0.1, 0.15) is 12.5 Å². The smallest absolute Gasteiger partial charge is 0.269 e. The summed E-state index contributed by atoms with van der Waals surface area (Å²) in [4.78, 5) is 11.1. The van der Waals surface area contributed by atoms with Crippen LogP contribution in [-0.4, -0.2) is 16.7 Å². The number of hydrogen-bond acceptors (Lipinski definition) is 2. The molecule has 2 rings (SSSR count). The van der Waals surface area contributed by atoms with Gasteiger partial charge in [0.1, 0.15) is 5.82 Å². The van der Waals surface area contributed by atoms with E-state index in [2.05, 4.69) is 22.4 Å². The van der Waals surface area contributed by atoms with Crippen LogP contribution in [0.3, 0.4) is 0 Å². The second-order valence-electron chi connectivity index (χ2n) is 3.12. The summed E-state index contributed by atoms with van der Waals surface area (Å²) < 4.78 is 0. The molecule has 0 radical (unpaired) electrons. The number of fused-ring (bicyclic) bond motifs is 1. The van der Waals surface area contributed by atoms with Gasteiger partial charge in [-0.05, 0) is 12.3 Å². The second-order valence-corrected chi connectivity index (χ2v) is 3.12. The highest BCUT2D eigenvalue weighted by molar-refractivity contribution is 5.44. The van der Waals surface area contributed by atoms with Crippen LogP contribution in [0.2, 0.25) is 0 Å². The van der Waals surface area contributed by atoms with E-state index in [0.29, 0.717) is 5.92 Å². The van der Waals surface area contributed by atoms with Gasteiger partial charge in [0.05, 0.1) is 5.56 Å². The van der Waals surface area contributed by atoms with Gasteiger partial charge in [-0.25, -0.2) is 0 Å². The highest BCUT2D eigenvalue weighted by atomic mass is 16.1. The van der Waals surface area contributed by atoms with Crippen LogP contribution in [0, 0.1) is 5.92 Å². The Labute approximate surface area is 64.0 Å². The zero-order chi connectivity index (χ0) is 7.84. The van der Waals surface area contributed by atoms with Crippen molar-refractivity contribution >= 4 is 5.82 Å². The molecule has 0 aliphatic carbocycles. The van der Waals surface area contributed by atoms with Gasteiger partial charge in [-0.3, -0.25) is 15.0 Å². The summed E-state index contributed by atoms with van der Waals surface area (Å²) >= 11 is 0. The standard InChI is InChI=1S/C7H11N3O/c1-4-2-5-6(8-3-4)9-10-7(5)11/h4H,2-3H2,1H3,(H3,8,9,10,11). The number of H-pyrrole nitrogens is 2. The third-order valence-corrected chi connectivity index (χ3v) is 2.06. The number of nitrogens with one attached hydrogen (secondary N) is 3. The lowest BCUT2D eigenvalue weighted by Gasteiger charge is -2.18. The molecule has 1 unspecified atom stereocenters. The van der Waals surface area contributed by atoms with Crippen molar-refractivity contribution in [2.24, 2.45) is 5.92 Å². The van der Waals surface area contributed by atoms with Crippen molar-refractivity contribution in [2.45, 2.75) is 13.3 Å². The van der Waals surface area contributed by atoms with Gasteiger partial charge in [0.25, 0.3) is 5.56 Å². The van der Waals surface area contributed by atoms with Crippen molar-refractivity contribution in [3.05, 3.63) is 15.9 Å². The van der Waals surface area contributed by atoms with Gasteiger partial charge < -0.3 is 5.32 Å². The van der Waals surface area contributed by atoms with E-state index >= 15 is 0 Å². The molecule has 0 bridgehead atoms. The minimum absolute atomic E-state index is 0.0130. The average Bonchev–Trinajstić information content (AvgIpc) is 2.33. The average molecular weight is 153 g/mol. The molecule has 1 atom stereocenters. The highest BCUT2D eigenvalue weighted by Gasteiger charge is 2.18. The fraction of sp³-hybridized carbons (Fsp3) is 0.571. The van der Waals surface area contributed by atoms with E-state index < -0.39 is 0 Å². The number of rotatable bonds is 0. The van der Waals surface area contributed by atoms with Crippen LogP contribution in [0.25, 0.3) is 0 Å². The van der Waals surface area contributed by atoms with E-state index in [0.717, 1.165) is 24.3 Å². The molecule has 1 aromatic heterocycles. The van der Waals surface area contributed by atoms with Crippen LogP contribution >= 0.6 is 0 Å². The molecule has 1 aromatic rings. The van der Waals surface area contributed by atoms with Crippen molar-refractivity contribution in [1.29, 1.82) is 0 Å². The summed E-state index contributed by atoms with van der Waals surface area (Å²) in [6.07, 6.45) is 0.876. The maximum absolute atomic E-state index is 11.1. The van der Waals surface area contributed by atoms with Crippen molar-refractivity contribution in [1.82, 2.24) is 10.2 Å². The van der Waals surface area contributed by atoms with Gasteiger partial charge in [-0.15, -0.1) is 0 Å². The minimum atomic E-state index is 0.0130. The molecule has 1 aliphatic heterocycles. The Morgan fingerprint density at radius 2 is 2.27 bits per heavy atom. The normalized spacial score (nSPS) is 22.5. The van der Waals surface area contributed by atoms with Crippen LogP contribution in [0.5, 0.6) is 0 Å². The molecule has 0 amide bonds. The third kappa shape index (κ3) is 0.943. The number of aromatic nitrogens is 2. The fourth-order valence-electron chi connectivity index (χ4n) is 1.43. The molecular weight excluding hydrogens is 142 g/mol. The number of anilines is 1. The van der Waals surface area contributed by atoms with Gasteiger partial charge in [-0.2, -0.15) is 0 Å². The minimum Gasteiger partial charge on any atom is -0.370 e. The third-order valence-electron chi connectivity index (χ3n) is 2.06. The predicted octanol–water partition coefficient (Wildman–Crippen LogP) is 0.307. The quantitative estimate of drug-likeness (QED) is 0.502. The molecule has 1 aliphatic rings. The van der Waals surface area contributed by atoms with Crippen molar-refractivity contribution in [3.8, 4) is 0 Å². The number of aromatic amines is 2. The van der Waals surface area contributed by atoms with Gasteiger partial charge in [-0.1, -0.05) is 6.92 Å². The van der Waals surface area contributed by atoms with Crippen LogP contribution in [0.4, 0.5) is 5.82 Å². The lowest BCUT2D eigenvalue weighted by molar-refractivity contribution is 0.592. The molecule has 4 nitrogen and oxygen atoms in total. The van der Waals surface area contributed by atoms with Crippen molar-refractivity contribution in [3.63, 3.8) is 0 Å². The molecule has 0 spiro atoms. The largest absolute Gasteiger partial charge is 0.370 e. The maximum atomic E-state index is 11.1. The van der Waals surface area contributed by atoms with Gasteiger partial charge in [0.2, 0.25) is 0 Å². The lowest BCUT2D eigenvalue weighted by atomic mass is 10.00. The first-order chi connectivity index (χ1) is 5.27. The molecule has 0 saturated heterocycles. The van der Waals surface area contributed by atoms with Gasteiger partial charge >= 0.3 is 0 Å². The van der Waals surface area contributed by atoms with Crippen LogP contribution in [0.15, 0.2) is 4.79 Å². The van der Waals surface area contributed by atoms with E-state index in [1.165, 1.54) is 0 Å². The molecule has 0 aromatic carbocycles. The Bertz CT molecular complexity index is 312. The Morgan fingerprint density at radius 3 is 3.09 bits per heavy atom. The van der Waals surface area contributed by atoms with E-state index in [1.807, 2.05) is 0 Å². The Hall–Kier alpha value is -1.19. The summed E-state index contributed by atoms with van der Waals surface area (Å²) in [6, 6.07) is 0. The van der Waals surface area contributed by atoms with E-state index in [4.69, 9.17) is 0 Å². The zero-order valence-corrected chi connectivity index (χ0v) is 6.40. The number of hydrogen-bond donors (Lipinski definition) is 3. The van der Waals surface area contributed by atoms with Crippen molar-refractivity contribution in [2.75, 3.05) is 11.9 Å².